The molecule has 4 N–H and O–H groups in total. The van der Waals surface area contributed by atoms with Crippen molar-refractivity contribution in [2.75, 3.05) is 41.7 Å². The maximum Gasteiger partial charge on any atom is 0.236 e. The topological polar surface area (TPSA) is 127 Å². The molecule has 0 spiro atoms. The molecule has 11 heteroatoms. The van der Waals surface area contributed by atoms with Gasteiger partial charge in [-0.05, 0) is 42.5 Å². The first kappa shape index (κ1) is 26.3. The van der Waals surface area contributed by atoms with Gasteiger partial charge >= 0.3 is 0 Å². The molecule has 4 rings (SSSR count). The molecule has 2 heterocycles. The average molecular weight is 520 g/mol. The van der Waals surface area contributed by atoms with Crippen molar-refractivity contribution in [3.05, 3.63) is 77.5 Å². The lowest BCUT2D eigenvalue weighted by Gasteiger charge is -2.36. The van der Waals surface area contributed by atoms with E-state index >= 15 is 0 Å². The summed E-state index contributed by atoms with van der Waals surface area (Å²) < 4.78 is 27.6. The third-order valence-corrected chi connectivity index (χ3v) is 6.20. The number of primary amides is 1. The summed E-state index contributed by atoms with van der Waals surface area (Å²) in [5.41, 5.74) is 8.34. The highest BCUT2D eigenvalue weighted by Crippen LogP contribution is 2.25. The molecule has 1 aliphatic rings. The van der Waals surface area contributed by atoms with Crippen LogP contribution in [0.2, 0.25) is 0 Å². The highest BCUT2D eigenvalue weighted by molar-refractivity contribution is 5.79. The highest BCUT2D eigenvalue weighted by atomic mass is 19.1. The van der Waals surface area contributed by atoms with Crippen molar-refractivity contribution in [1.82, 2.24) is 9.88 Å². The number of anilines is 4. The highest BCUT2D eigenvalue weighted by Gasteiger charge is 2.21. The van der Waals surface area contributed by atoms with Crippen molar-refractivity contribution in [2.24, 2.45) is 5.73 Å². The van der Waals surface area contributed by atoms with Crippen molar-refractivity contribution in [2.45, 2.75) is 19.4 Å². The molecule has 1 saturated heterocycles. The van der Waals surface area contributed by atoms with E-state index in [1.54, 1.807) is 11.0 Å². The van der Waals surface area contributed by atoms with Gasteiger partial charge in [-0.1, -0.05) is 0 Å². The lowest BCUT2D eigenvalue weighted by molar-refractivity contribution is -0.130. The molecule has 2 amide bonds. The van der Waals surface area contributed by atoms with Crippen LogP contribution in [0.15, 0.2) is 54.7 Å². The lowest BCUT2D eigenvalue weighted by Crippen LogP contribution is -2.48. The Kier molecular flexibility index (Phi) is 8.33. The fraction of sp³-hybridized carbons (Fsp3) is 0.259. The number of halogens is 2. The second-order valence-electron chi connectivity index (χ2n) is 8.83. The Hall–Kier alpha value is -4.72. The van der Waals surface area contributed by atoms with Crippen molar-refractivity contribution in [3.8, 4) is 6.07 Å². The van der Waals surface area contributed by atoms with E-state index in [0.29, 0.717) is 43.2 Å². The van der Waals surface area contributed by atoms with Gasteiger partial charge in [0.05, 0.1) is 12.5 Å². The molecule has 0 radical (unpaired) electrons. The number of amides is 2. The predicted octanol–water partition coefficient (Wildman–Crippen LogP) is 3.31. The van der Waals surface area contributed by atoms with E-state index in [4.69, 9.17) is 11.0 Å². The summed E-state index contributed by atoms with van der Waals surface area (Å²) >= 11 is 0. The number of nitrogens with one attached hydrogen (secondary N) is 2. The first-order chi connectivity index (χ1) is 18.3. The molecule has 0 unspecified atom stereocenters. The number of carbonyl (C=O) groups is 2. The Morgan fingerprint density at radius 3 is 2.45 bits per heavy atom. The van der Waals surface area contributed by atoms with Crippen LogP contribution >= 0.6 is 0 Å². The minimum absolute atomic E-state index is 0.00286. The fourth-order valence-electron chi connectivity index (χ4n) is 4.21. The van der Waals surface area contributed by atoms with Gasteiger partial charge in [-0.3, -0.25) is 9.59 Å². The summed E-state index contributed by atoms with van der Waals surface area (Å²) in [5, 5.41) is 15.0. The van der Waals surface area contributed by atoms with E-state index in [-0.39, 0.29) is 30.9 Å². The molecule has 0 aliphatic carbocycles. The largest absolute Gasteiger partial charge is 0.380 e. The van der Waals surface area contributed by atoms with Crippen molar-refractivity contribution >= 4 is 34.7 Å². The molecular weight excluding hydrogens is 492 g/mol. The number of aromatic nitrogens is 1. The van der Waals surface area contributed by atoms with Gasteiger partial charge in [0, 0.05) is 73.2 Å². The SMILES string of the molecule is N#CCC(=O)N1CCN(c2ccc(Nc3cc(NCc4cc(F)ccc4F)c(CC(N)=O)cn3)cc2)CC1. The van der Waals surface area contributed by atoms with Crippen LogP contribution in [-0.4, -0.2) is 47.9 Å². The van der Waals surface area contributed by atoms with Gasteiger partial charge in [0.25, 0.3) is 0 Å². The quantitative estimate of drug-likeness (QED) is 0.396. The Morgan fingerprint density at radius 2 is 1.76 bits per heavy atom. The van der Waals surface area contributed by atoms with Gasteiger partial charge in [0.2, 0.25) is 11.8 Å². The second-order valence-corrected chi connectivity index (χ2v) is 8.83. The van der Waals surface area contributed by atoms with Crippen molar-refractivity contribution in [1.29, 1.82) is 5.26 Å². The van der Waals surface area contributed by atoms with Gasteiger partial charge < -0.3 is 26.2 Å². The van der Waals surface area contributed by atoms with E-state index in [0.717, 1.165) is 29.6 Å². The number of hydrogen-bond donors (Lipinski definition) is 3. The number of rotatable bonds is 9. The maximum atomic E-state index is 14.1. The minimum Gasteiger partial charge on any atom is -0.380 e. The summed E-state index contributed by atoms with van der Waals surface area (Å²) in [5.74, 6) is -1.29. The number of nitrogens with zero attached hydrogens (tertiary/aromatic N) is 4. The summed E-state index contributed by atoms with van der Waals surface area (Å²) in [6.07, 6.45) is 1.35. The van der Waals surface area contributed by atoms with E-state index in [2.05, 4.69) is 20.5 Å². The molecule has 0 bridgehead atoms. The van der Waals surface area contributed by atoms with Gasteiger partial charge in [0.15, 0.2) is 0 Å². The van der Waals surface area contributed by atoms with E-state index < -0.39 is 17.5 Å². The van der Waals surface area contributed by atoms with Gasteiger partial charge in [-0.25, -0.2) is 13.8 Å². The zero-order chi connectivity index (χ0) is 27.1. The van der Waals surface area contributed by atoms with Crippen LogP contribution in [0, 0.1) is 23.0 Å². The molecule has 0 saturated carbocycles. The fourth-order valence-corrected chi connectivity index (χ4v) is 4.21. The molecule has 1 aliphatic heterocycles. The normalized spacial score (nSPS) is 13.1. The van der Waals surface area contributed by atoms with E-state index in [1.807, 2.05) is 30.3 Å². The Balaban J connectivity index is 1.42. The molecule has 0 atom stereocenters. The van der Waals surface area contributed by atoms with Gasteiger partial charge in [-0.15, -0.1) is 0 Å². The van der Waals surface area contributed by atoms with Crippen LogP contribution in [0.25, 0.3) is 0 Å². The molecule has 1 fully saturated rings. The number of hydrogen-bond acceptors (Lipinski definition) is 7. The molecule has 38 heavy (non-hydrogen) atoms. The number of nitrogens with two attached hydrogens (primary N) is 1. The van der Waals surface area contributed by atoms with Gasteiger partial charge in [-0.2, -0.15) is 5.26 Å². The van der Waals surface area contributed by atoms with Crippen molar-refractivity contribution in [3.63, 3.8) is 0 Å². The van der Waals surface area contributed by atoms with Crippen LogP contribution in [0.3, 0.4) is 0 Å². The number of nitriles is 1. The average Bonchev–Trinajstić information content (AvgIpc) is 2.91. The maximum absolute atomic E-state index is 14.1. The van der Waals surface area contributed by atoms with Gasteiger partial charge in [0.1, 0.15) is 23.9 Å². The Bertz CT molecular complexity index is 1350. The smallest absolute Gasteiger partial charge is 0.236 e. The monoisotopic (exact) mass is 519 g/mol. The number of pyridine rings is 1. The van der Waals surface area contributed by atoms with Crippen LogP contribution in [-0.2, 0) is 22.6 Å². The molecule has 9 nitrogen and oxygen atoms in total. The molecule has 3 aromatic rings. The van der Waals surface area contributed by atoms with Crippen LogP contribution < -0.4 is 21.3 Å². The van der Waals surface area contributed by atoms with Crippen LogP contribution in [0.4, 0.5) is 31.7 Å². The first-order valence-electron chi connectivity index (χ1n) is 12.0. The molecule has 1 aromatic heterocycles. The second kappa shape index (κ2) is 12.0. The summed E-state index contributed by atoms with van der Waals surface area (Å²) in [6, 6.07) is 14.5. The van der Waals surface area contributed by atoms with Crippen LogP contribution in [0.1, 0.15) is 17.5 Å². The third-order valence-electron chi connectivity index (χ3n) is 6.20. The molecular formula is C27H27F2N7O2. The first-order valence-corrected chi connectivity index (χ1v) is 12.0. The van der Waals surface area contributed by atoms with Crippen LogP contribution in [0.5, 0.6) is 0 Å². The zero-order valence-corrected chi connectivity index (χ0v) is 20.6. The van der Waals surface area contributed by atoms with Crippen molar-refractivity contribution < 1.29 is 18.4 Å². The lowest BCUT2D eigenvalue weighted by atomic mass is 10.1. The summed E-state index contributed by atoms with van der Waals surface area (Å²) in [6.45, 7) is 2.49. The number of piperazine rings is 1. The third kappa shape index (κ3) is 6.73. The standard InChI is InChI=1S/C27H27F2N7O2/c28-20-1-6-23(29)18(13-20)16-32-24-15-26(33-17-19(24)14-25(31)37)34-21-2-4-22(5-3-21)35-9-11-36(12-10-35)27(38)7-8-30/h1-6,13,15,17H,7,9-12,14,16H2,(H2,31,37)(H2,32,33,34). The Labute approximate surface area is 218 Å². The minimum atomic E-state index is -0.546. The number of benzene rings is 2. The van der Waals surface area contributed by atoms with E-state index in [1.165, 1.54) is 6.20 Å². The van der Waals surface area contributed by atoms with E-state index in [9.17, 15) is 18.4 Å². The Morgan fingerprint density at radius 1 is 1.03 bits per heavy atom. The zero-order valence-electron chi connectivity index (χ0n) is 20.6. The molecule has 2 aromatic carbocycles. The summed E-state index contributed by atoms with van der Waals surface area (Å²) in [7, 11) is 0. The molecule has 196 valence electrons. The predicted molar refractivity (Wildman–Crippen MR) is 140 cm³/mol. The number of carbonyl (C=O) groups excluding carboxylic acids is 2. The summed E-state index contributed by atoms with van der Waals surface area (Å²) in [4.78, 5) is 31.7.